The van der Waals surface area contributed by atoms with Crippen molar-refractivity contribution in [1.82, 2.24) is 0 Å². The molecule has 4 rings (SSSR count). The molecule has 3 aliphatic rings. The van der Waals surface area contributed by atoms with Crippen LogP contribution in [0.3, 0.4) is 0 Å². The highest BCUT2D eigenvalue weighted by Gasteiger charge is 2.49. The van der Waals surface area contributed by atoms with E-state index in [0.29, 0.717) is 24.2 Å². The van der Waals surface area contributed by atoms with E-state index >= 15 is 0 Å². The lowest BCUT2D eigenvalue weighted by atomic mass is 9.63. The van der Waals surface area contributed by atoms with Gasteiger partial charge in [-0.1, -0.05) is 48.6 Å². The molecule has 2 bridgehead atoms. The van der Waals surface area contributed by atoms with Gasteiger partial charge in [0.15, 0.2) is 5.41 Å². The molecule has 4 atom stereocenters. The maximum atomic E-state index is 9.81. The zero-order valence-electron chi connectivity index (χ0n) is 13.2. The summed E-state index contributed by atoms with van der Waals surface area (Å²) in [6.45, 7) is 0. The molecule has 1 fully saturated rings. The van der Waals surface area contributed by atoms with Crippen LogP contribution < -0.4 is 0 Å². The molecule has 2 nitrogen and oxygen atoms in total. The van der Waals surface area contributed by atoms with Crippen molar-refractivity contribution >= 4 is 0 Å². The lowest BCUT2D eigenvalue weighted by molar-refractivity contribution is 0.309. The summed E-state index contributed by atoms with van der Waals surface area (Å²) >= 11 is 0. The molecule has 1 aromatic carbocycles. The molecule has 0 aromatic heterocycles. The number of benzene rings is 1. The molecule has 0 unspecified atom stereocenters. The second-order valence-electron chi connectivity index (χ2n) is 7.18. The third-order valence-electron chi connectivity index (χ3n) is 6.01. The molecule has 0 heterocycles. The molecule has 0 radical (unpaired) electrons. The zero-order valence-corrected chi connectivity index (χ0v) is 13.2. The molecule has 3 aliphatic carbocycles. The van der Waals surface area contributed by atoms with Gasteiger partial charge in [-0.3, -0.25) is 0 Å². The fourth-order valence-electron chi connectivity index (χ4n) is 4.93. The number of nitrogens with zero attached hydrogens (tertiary/aromatic N) is 2. The predicted octanol–water partition coefficient (Wildman–Crippen LogP) is 4.74. The van der Waals surface area contributed by atoms with Gasteiger partial charge in [-0.05, 0) is 48.2 Å². The molecule has 0 spiro atoms. The molecule has 0 saturated heterocycles. The molecule has 0 amide bonds. The second kappa shape index (κ2) is 5.39. The minimum atomic E-state index is -0.966. The van der Waals surface area contributed by atoms with Crippen LogP contribution in [0.2, 0.25) is 0 Å². The minimum Gasteiger partial charge on any atom is -0.196 e. The van der Waals surface area contributed by atoms with Crippen molar-refractivity contribution in [2.45, 2.75) is 31.6 Å². The third kappa shape index (κ3) is 2.13. The fourth-order valence-corrected chi connectivity index (χ4v) is 4.93. The average Bonchev–Trinajstić information content (AvgIpc) is 2.90. The van der Waals surface area contributed by atoms with E-state index in [1.54, 1.807) is 0 Å². The first kappa shape index (κ1) is 14.3. The van der Waals surface area contributed by atoms with Crippen LogP contribution in [-0.2, 0) is 0 Å². The first-order valence-corrected chi connectivity index (χ1v) is 8.54. The van der Waals surface area contributed by atoms with Crippen LogP contribution >= 0.6 is 0 Å². The molecule has 1 aromatic rings. The van der Waals surface area contributed by atoms with E-state index in [1.807, 2.05) is 6.07 Å². The van der Waals surface area contributed by atoms with Crippen LogP contribution in [0.1, 0.15) is 37.2 Å². The van der Waals surface area contributed by atoms with E-state index in [0.717, 1.165) is 5.57 Å². The summed E-state index contributed by atoms with van der Waals surface area (Å²) in [7, 11) is 0. The van der Waals surface area contributed by atoms with Crippen LogP contribution in [-0.4, -0.2) is 0 Å². The smallest absolute Gasteiger partial charge is 0.168 e. The molecular weight excluding hydrogens is 280 g/mol. The summed E-state index contributed by atoms with van der Waals surface area (Å²) in [6.07, 6.45) is 10.8. The van der Waals surface area contributed by atoms with E-state index in [9.17, 15) is 10.5 Å². The van der Waals surface area contributed by atoms with Crippen molar-refractivity contribution in [3.63, 3.8) is 0 Å². The van der Waals surface area contributed by atoms with Gasteiger partial charge < -0.3 is 0 Å². The van der Waals surface area contributed by atoms with Gasteiger partial charge in [0, 0.05) is 12.3 Å². The monoisotopic (exact) mass is 300 g/mol. The molecule has 0 N–H and O–H groups in total. The Balaban J connectivity index is 1.87. The summed E-state index contributed by atoms with van der Waals surface area (Å²) in [5.41, 5.74) is 1.45. The number of nitriles is 2. The van der Waals surface area contributed by atoms with Crippen molar-refractivity contribution in [2.75, 3.05) is 0 Å². The quantitative estimate of drug-likeness (QED) is 0.703. The average molecular weight is 300 g/mol. The van der Waals surface area contributed by atoms with Gasteiger partial charge in [0.1, 0.15) is 0 Å². The maximum absolute atomic E-state index is 9.81. The van der Waals surface area contributed by atoms with E-state index in [2.05, 4.69) is 54.6 Å². The van der Waals surface area contributed by atoms with Gasteiger partial charge in [-0.2, -0.15) is 10.5 Å². The number of fused-ring (bicyclic) bond motifs is 4. The Hall–Kier alpha value is -2.32. The zero-order chi connectivity index (χ0) is 15.9. The highest BCUT2D eigenvalue weighted by atomic mass is 14.5. The van der Waals surface area contributed by atoms with Crippen LogP contribution in [0.25, 0.3) is 0 Å². The Morgan fingerprint density at radius 2 is 1.83 bits per heavy atom. The Labute approximate surface area is 137 Å². The molecule has 0 aliphatic heterocycles. The SMILES string of the molecule is N#CC1(C#N)CC=C[C@@H](c2ccccc2)[C@H]2C1=C[C@@H]1CC[C@H]2C1. The molecule has 23 heavy (non-hydrogen) atoms. The van der Waals surface area contributed by atoms with Crippen molar-refractivity contribution in [2.24, 2.45) is 23.2 Å². The van der Waals surface area contributed by atoms with E-state index in [-0.39, 0.29) is 5.92 Å². The van der Waals surface area contributed by atoms with Gasteiger partial charge in [-0.15, -0.1) is 0 Å². The summed E-state index contributed by atoms with van der Waals surface area (Å²) in [5.74, 6) is 1.76. The molecule has 1 saturated carbocycles. The number of rotatable bonds is 1. The van der Waals surface area contributed by atoms with Crippen LogP contribution in [0.4, 0.5) is 0 Å². The largest absolute Gasteiger partial charge is 0.196 e. The number of hydrogen-bond acceptors (Lipinski definition) is 2. The highest BCUT2D eigenvalue weighted by Crippen LogP contribution is 2.56. The van der Waals surface area contributed by atoms with Crippen molar-refractivity contribution in [1.29, 1.82) is 10.5 Å². The van der Waals surface area contributed by atoms with Gasteiger partial charge in [0.05, 0.1) is 12.1 Å². The molecule has 2 heteroatoms. The second-order valence-corrected chi connectivity index (χ2v) is 7.18. The third-order valence-corrected chi connectivity index (χ3v) is 6.01. The van der Waals surface area contributed by atoms with Gasteiger partial charge >= 0.3 is 0 Å². The predicted molar refractivity (Wildman–Crippen MR) is 89.0 cm³/mol. The Kier molecular flexibility index (Phi) is 3.35. The highest BCUT2D eigenvalue weighted by molar-refractivity contribution is 5.44. The van der Waals surface area contributed by atoms with Gasteiger partial charge in [0.25, 0.3) is 0 Å². The van der Waals surface area contributed by atoms with Crippen molar-refractivity contribution in [3.05, 3.63) is 59.7 Å². The summed E-state index contributed by atoms with van der Waals surface area (Å²) in [6, 6.07) is 15.3. The summed E-state index contributed by atoms with van der Waals surface area (Å²) < 4.78 is 0. The van der Waals surface area contributed by atoms with Crippen LogP contribution in [0.5, 0.6) is 0 Å². The van der Waals surface area contributed by atoms with E-state index in [1.165, 1.54) is 24.8 Å². The standard InChI is InChI=1S/C21H20N2/c22-13-21(14-23)10-4-7-18(16-5-2-1-3-6-16)20-17-9-8-15(11-17)12-19(20)21/h1-7,12,15,17-18,20H,8-11H2/t15-,17+,18+,20+/m1/s1. The normalized spacial score (nSPS) is 33.7. The minimum absolute atomic E-state index is 0.287. The van der Waals surface area contributed by atoms with Gasteiger partial charge in [-0.25, -0.2) is 0 Å². The van der Waals surface area contributed by atoms with E-state index in [4.69, 9.17) is 0 Å². The first-order chi connectivity index (χ1) is 11.3. The Bertz CT molecular complexity index is 730. The van der Waals surface area contributed by atoms with E-state index < -0.39 is 5.41 Å². The van der Waals surface area contributed by atoms with Crippen LogP contribution in [0, 0.1) is 45.8 Å². The van der Waals surface area contributed by atoms with Crippen molar-refractivity contribution in [3.8, 4) is 12.1 Å². The number of allylic oxidation sites excluding steroid dienone is 4. The summed E-state index contributed by atoms with van der Waals surface area (Å²) in [5, 5.41) is 19.6. The summed E-state index contributed by atoms with van der Waals surface area (Å²) in [4.78, 5) is 0. The van der Waals surface area contributed by atoms with Gasteiger partial charge in [0.2, 0.25) is 0 Å². The lowest BCUT2D eigenvalue weighted by Crippen LogP contribution is -2.32. The Morgan fingerprint density at radius 3 is 2.57 bits per heavy atom. The van der Waals surface area contributed by atoms with Crippen LogP contribution in [0.15, 0.2) is 54.1 Å². The maximum Gasteiger partial charge on any atom is 0.168 e. The number of hydrogen-bond donors (Lipinski definition) is 0. The Morgan fingerprint density at radius 1 is 1.04 bits per heavy atom. The topological polar surface area (TPSA) is 47.6 Å². The first-order valence-electron chi connectivity index (χ1n) is 8.54. The fraction of sp³-hybridized carbons (Fsp3) is 0.429. The van der Waals surface area contributed by atoms with Crippen molar-refractivity contribution < 1.29 is 0 Å². The molecule has 114 valence electrons. The lowest BCUT2D eigenvalue weighted by Gasteiger charge is -2.38. The molecular formula is C21H20N2.